The van der Waals surface area contributed by atoms with Crippen molar-refractivity contribution in [3.63, 3.8) is 0 Å². The number of guanidine groups is 1. The molecule has 4 N–H and O–H groups in total. The molecule has 25 heavy (non-hydrogen) atoms. The molecule has 0 spiro atoms. The summed E-state index contributed by atoms with van der Waals surface area (Å²) in [5.74, 6) is 2.41. The number of rotatable bonds is 7. The van der Waals surface area contributed by atoms with Crippen molar-refractivity contribution in [2.75, 3.05) is 21.3 Å². The van der Waals surface area contributed by atoms with Gasteiger partial charge in [-0.1, -0.05) is 6.07 Å². The highest BCUT2D eigenvalue weighted by atomic mass is 16.5. The molecule has 2 aromatic carbocycles. The molecule has 0 fully saturated rings. The van der Waals surface area contributed by atoms with Gasteiger partial charge in [-0.15, -0.1) is 0 Å². The van der Waals surface area contributed by atoms with E-state index < -0.39 is 0 Å². The average molecular weight is 345 g/mol. The van der Waals surface area contributed by atoms with Crippen molar-refractivity contribution in [2.45, 2.75) is 13.1 Å². The Bertz CT molecular complexity index is 747. The van der Waals surface area contributed by atoms with E-state index in [1.807, 2.05) is 18.2 Å². The Balaban J connectivity index is 1.98. The molecule has 0 bridgehead atoms. The Hall–Kier alpha value is -3.09. The van der Waals surface area contributed by atoms with Gasteiger partial charge in [-0.3, -0.25) is 0 Å². The highest BCUT2D eigenvalue weighted by Crippen LogP contribution is 2.27. The minimum atomic E-state index is 0.168. The Morgan fingerprint density at radius 3 is 2.48 bits per heavy atom. The van der Waals surface area contributed by atoms with Gasteiger partial charge in [0.25, 0.3) is 0 Å². The number of methoxy groups -OCH3 is 3. The van der Waals surface area contributed by atoms with Crippen molar-refractivity contribution >= 4 is 5.96 Å². The summed E-state index contributed by atoms with van der Waals surface area (Å²) in [4.78, 5) is 4.29. The van der Waals surface area contributed by atoms with Crippen molar-refractivity contribution in [3.8, 4) is 23.0 Å². The van der Waals surface area contributed by atoms with Crippen LogP contribution in [0.15, 0.2) is 41.4 Å². The second-order valence-electron chi connectivity index (χ2n) is 5.24. The van der Waals surface area contributed by atoms with E-state index in [9.17, 15) is 5.11 Å². The number of ether oxygens (including phenoxy) is 3. The van der Waals surface area contributed by atoms with Gasteiger partial charge in [-0.25, -0.2) is 4.99 Å². The van der Waals surface area contributed by atoms with Crippen molar-refractivity contribution < 1.29 is 19.3 Å². The van der Waals surface area contributed by atoms with E-state index in [2.05, 4.69) is 10.3 Å². The van der Waals surface area contributed by atoms with Crippen molar-refractivity contribution in [2.24, 2.45) is 10.7 Å². The Labute approximate surface area is 147 Å². The van der Waals surface area contributed by atoms with Crippen LogP contribution in [0.1, 0.15) is 11.1 Å². The minimum absolute atomic E-state index is 0.168. The zero-order chi connectivity index (χ0) is 18.2. The SMILES string of the molecule is COc1ccc(O)c(CNC(N)=NCc2ccc(OC)c(OC)c2)c1. The Morgan fingerprint density at radius 2 is 1.80 bits per heavy atom. The van der Waals surface area contributed by atoms with Crippen LogP contribution in [0.3, 0.4) is 0 Å². The molecule has 0 aliphatic carbocycles. The lowest BCUT2D eigenvalue weighted by atomic mass is 10.2. The van der Waals surface area contributed by atoms with E-state index in [-0.39, 0.29) is 11.7 Å². The zero-order valence-electron chi connectivity index (χ0n) is 14.6. The van der Waals surface area contributed by atoms with E-state index in [4.69, 9.17) is 19.9 Å². The normalized spacial score (nSPS) is 11.1. The van der Waals surface area contributed by atoms with Gasteiger partial charge in [0.15, 0.2) is 17.5 Å². The maximum atomic E-state index is 9.86. The lowest BCUT2D eigenvalue weighted by Gasteiger charge is -2.10. The van der Waals surface area contributed by atoms with Gasteiger partial charge in [0.1, 0.15) is 11.5 Å². The number of phenols is 1. The summed E-state index contributed by atoms with van der Waals surface area (Å²) in [6.07, 6.45) is 0. The van der Waals surface area contributed by atoms with Gasteiger partial charge in [-0.2, -0.15) is 0 Å². The summed E-state index contributed by atoms with van der Waals surface area (Å²) in [5, 5.41) is 12.8. The third-order valence-corrected chi connectivity index (χ3v) is 3.63. The van der Waals surface area contributed by atoms with Crippen LogP contribution >= 0.6 is 0 Å². The topological polar surface area (TPSA) is 98.3 Å². The van der Waals surface area contributed by atoms with Crippen LogP contribution in [0.25, 0.3) is 0 Å². The molecule has 0 saturated heterocycles. The summed E-state index contributed by atoms with van der Waals surface area (Å²) in [6, 6.07) is 10.6. The highest BCUT2D eigenvalue weighted by Gasteiger charge is 2.05. The fraction of sp³-hybridized carbons (Fsp3) is 0.278. The first-order chi connectivity index (χ1) is 12.1. The zero-order valence-corrected chi connectivity index (χ0v) is 14.6. The molecule has 0 saturated carbocycles. The maximum absolute atomic E-state index is 9.86. The number of phenolic OH excluding ortho intramolecular Hbond substituents is 1. The Kier molecular flexibility index (Phi) is 6.33. The second kappa shape index (κ2) is 8.68. The third-order valence-electron chi connectivity index (χ3n) is 3.63. The molecule has 7 heteroatoms. The number of hydrogen-bond donors (Lipinski definition) is 3. The van der Waals surface area contributed by atoms with Crippen LogP contribution in [-0.2, 0) is 13.1 Å². The summed E-state index contributed by atoms with van der Waals surface area (Å²) >= 11 is 0. The number of benzene rings is 2. The molecule has 2 rings (SSSR count). The lowest BCUT2D eigenvalue weighted by Crippen LogP contribution is -2.31. The second-order valence-corrected chi connectivity index (χ2v) is 5.24. The molecule has 0 aromatic heterocycles. The van der Waals surface area contributed by atoms with Crippen molar-refractivity contribution in [1.82, 2.24) is 5.32 Å². The van der Waals surface area contributed by atoms with Crippen LogP contribution in [0.2, 0.25) is 0 Å². The van der Waals surface area contributed by atoms with Crippen molar-refractivity contribution in [1.29, 1.82) is 0 Å². The molecular formula is C18H23N3O4. The summed E-state index contributed by atoms with van der Waals surface area (Å²) in [5.41, 5.74) is 7.49. The first-order valence-electron chi connectivity index (χ1n) is 7.68. The van der Waals surface area contributed by atoms with E-state index in [1.54, 1.807) is 39.5 Å². The van der Waals surface area contributed by atoms with Gasteiger partial charge in [0, 0.05) is 12.1 Å². The molecule has 7 nitrogen and oxygen atoms in total. The predicted molar refractivity (Wildman–Crippen MR) is 96.4 cm³/mol. The van der Waals surface area contributed by atoms with Crippen LogP contribution < -0.4 is 25.3 Å². The van der Waals surface area contributed by atoms with E-state index in [1.165, 1.54) is 0 Å². The maximum Gasteiger partial charge on any atom is 0.189 e. The van der Waals surface area contributed by atoms with Gasteiger partial charge in [-0.05, 0) is 35.9 Å². The van der Waals surface area contributed by atoms with E-state index >= 15 is 0 Å². The number of hydrogen-bond acceptors (Lipinski definition) is 5. The fourth-order valence-electron chi connectivity index (χ4n) is 2.23. The predicted octanol–water partition coefficient (Wildman–Crippen LogP) is 2.02. The molecule has 2 aromatic rings. The van der Waals surface area contributed by atoms with Crippen LogP contribution in [0, 0.1) is 0 Å². The molecule has 0 heterocycles. The van der Waals surface area contributed by atoms with Gasteiger partial charge in [0.05, 0.1) is 27.9 Å². The number of aromatic hydroxyl groups is 1. The molecule has 0 aliphatic heterocycles. The largest absolute Gasteiger partial charge is 0.508 e. The summed E-state index contributed by atoms with van der Waals surface area (Å²) in [7, 11) is 4.75. The molecule has 134 valence electrons. The monoisotopic (exact) mass is 345 g/mol. The summed E-state index contributed by atoms with van der Waals surface area (Å²) < 4.78 is 15.6. The average Bonchev–Trinajstić information content (AvgIpc) is 2.65. The first-order valence-corrected chi connectivity index (χ1v) is 7.68. The van der Waals surface area contributed by atoms with E-state index in [0.29, 0.717) is 35.9 Å². The van der Waals surface area contributed by atoms with Crippen LogP contribution in [-0.4, -0.2) is 32.4 Å². The molecule has 0 radical (unpaired) electrons. The number of nitrogens with zero attached hydrogens (tertiary/aromatic N) is 1. The summed E-state index contributed by atoms with van der Waals surface area (Å²) in [6.45, 7) is 0.730. The Morgan fingerprint density at radius 1 is 1.04 bits per heavy atom. The quantitative estimate of drug-likeness (QED) is 0.525. The van der Waals surface area contributed by atoms with Crippen LogP contribution in [0.4, 0.5) is 0 Å². The number of aliphatic imine (C=N–C) groups is 1. The molecule has 0 atom stereocenters. The standard InChI is InChI=1S/C18H23N3O4/c1-23-14-5-6-15(22)13(9-14)11-21-18(19)20-10-12-4-7-16(24-2)17(8-12)25-3/h4-9,22H,10-11H2,1-3H3,(H3,19,20,21). The molecule has 0 aliphatic rings. The number of nitrogens with one attached hydrogen (secondary N) is 1. The molecule has 0 amide bonds. The lowest BCUT2D eigenvalue weighted by molar-refractivity contribution is 0.354. The van der Waals surface area contributed by atoms with Gasteiger partial charge in [0.2, 0.25) is 0 Å². The van der Waals surface area contributed by atoms with Crippen LogP contribution in [0.5, 0.6) is 23.0 Å². The van der Waals surface area contributed by atoms with Gasteiger partial charge < -0.3 is 30.4 Å². The molecule has 0 unspecified atom stereocenters. The minimum Gasteiger partial charge on any atom is -0.508 e. The smallest absolute Gasteiger partial charge is 0.189 e. The third kappa shape index (κ3) is 4.94. The van der Waals surface area contributed by atoms with Crippen molar-refractivity contribution in [3.05, 3.63) is 47.5 Å². The van der Waals surface area contributed by atoms with Gasteiger partial charge >= 0.3 is 0 Å². The number of nitrogens with two attached hydrogens (primary N) is 1. The molecular weight excluding hydrogens is 322 g/mol. The van der Waals surface area contributed by atoms with E-state index in [0.717, 1.165) is 5.56 Å². The highest BCUT2D eigenvalue weighted by molar-refractivity contribution is 5.77. The first kappa shape index (κ1) is 18.3. The fourth-order valence-corrected chi connectivity index (χ4v) is 2.23.